The Morgan fingerprint density at radius 2 is 2.00 bits per heavy atom. The molecule has 0 aromatic carbocycles. The Balaban J connectivity index is 2.29. The van der Waals surface area contributed by atoms with Gasteiger partial charge in [-0.2, -0.15) is 0 Å². The highest BCUT2D eigenvalue weighted by atomic mass is 32.1. The second-order valence-corrected chi connectivity index (χ2v) is 8.22. The van der Waals surface area contributed by atoms with Crippen molar-refractivity contribution in [3.63, 3.8) is 0 Å². The summed E-state index contributed by atoms with van der Waals surface area (Å²) in [5.74, 6) is -2.04. The highest BCUT2D eigenvalue weighted by Crippen LogP contribution is 2.34. The zero-order valence-electron chi connectivity index (χ0n) is 17.0. The van der Waals surface area contributed by atoms with Gasteiger partial charge in [-0.15, -0.1) is 0 Å². The number of pyridine rings is 1. The molecular formula is C19H29BF2NO4S+. The first-order valence-corrected chi connectivity index (χ1v) is 10.7. The van der Waals surface area contributed by atoms with Crippen molar-refractivity contribution in [2.24, 2.45) is 0 Å². The fourth-order valence-electron chi connectivity index (χ4n) is 2.93. The van der Waals surface area contributed by atoms with E-state index in [1.54, 1.807) is 12.3 Å². The molecule has 1 aliphatic rings. The van der Waals surface area contributed by atoms with Crippen molar-refractivity contribution < 1.29 is 27.0 Å². The predicted molar refractivity (Wildman–Crippen MR) is 106 cm³/mol. The van der Waals surface area contributed by atoms with Crippen molar-refractivity contribution in [2.75, 3.05) is 6.61 Å². The molecule has 0 N–H and O–H groups in total. The van der Waals surface area contributed by atoms with Gasteiger partial charge in [-0.25, -0.2) is 13.8 Å². The molecule has 1 saturated carbocycles. The summed E-state index contributed by atoms with van der Waals surface area (Å²) in [5.41, 5.74) is 0.889. The Hall–Kier alpha value is -1.19. The summed E-state index contributed by atoms with van der Waals surface area (Å²) in [4.78, 5) is 4.36. The van der Waals surface area contributed by atoms with E-state index in [-0.39, 0.29) is 37.5 Å². The summed E-state index contributed by atoms with van der Waals surface area (Å²) in [7, 11) is -0.718. The predicted octanol–water partition coefficient (Wildman–Crippen LogP) is 3.90. The lowest BCUT2D eigenvalue weighted by molar-refractivity contribution is -0.0587. The number of aromatic nitrogens is 1. The minimum Gasteiger partial charge on any atom is -0.475 e. The standard InChI is InChI=1S/C19H29BF2NO4S/c1-5-18(3,4)27-20(25-6-2)16-11-14(13-28-24)12-23-17(16)26-15-7-9-19(21,22)10-8-15/h11-12,15H,5-10,13H2,1-4H3/q+1. The Bertz CT molecular complexity index is 653. The molecule has 0 atom stereocenters. The van der Waals surface area contributed by atoms with E-state index in [0.717, 1.165) is 12.0 Å². The van der Waals surface area contributed by atoms with Crippen LogP contribution >= 0.6 is 0 Å². The zero-order chi connectivity index (χ0) is 20.8. The SMILES string of the molecule is CCOB(OC(C)(C)CC)c1cc(C[S+]=O)cnc1OC1CCC(F)(F)CC1. The lowest BCUT2D eigenvalue weighted by atomic mass is 9.77. The van der Waals surface area contributed by atoms with Crippen LogP contribution in [0.1, 0.15) is 65.4 Å². The largest absolute Gasteiger partial charge is 0.499 e. The average Bonchev–Trinajstić information content (AvgIpc) is 2.64. The highest BCUT2D eigenvalue weighted by Gasteiger charge is 2.38. The monoisotopic (exact) mass is 416 g/mol. The number of ether oxygens (including phenoxy) is 1. The Morgan fingerprint density at radius 3 is 2.57 bits per heavy atom. The molecule has 0 aliphatic heterocycles. The molecule has 1 fully saturated rings. The van der Waals surface area contributed by atoms with Gasteiger partial charge in [-0.3, -0.25) is 0 Å². The van der Waals surface area contributed by atoms with Crippen LogP contribution in [0.2, 0.25) is 0 Å². The molecule has 1 aromatic rings. The minimum absolute atomic E-state index is 0.188. The number of hydrogen-bond donors (Lipinski definition) is 0. The van der Waals surface area contributed by atoms with E-state index in [1.807, 2.05) is 27.7 Å². The van der Waals surface area contributed by atoms with Crippen LogP contribution < -0.4 is 10.2 Å². The molecule has 2 rings (SSSR count). The Labute approximate surface area is 170 Å². The van der Waals surface area contributed by atoms with Gasteiger partial charge < -0.3 is 14.0 Å². The van der Waals surface area contributed by atoms with E-state index in [4.69, 9.17) is 14.0 Å². The first-order chi connectivity index (χ1) is 13.2. The van der Waals surface area contributed by atoms with E-state index in [1.165, 1.54) is 0 Å². The fourth-order valence-corrected chi connectivity index (χ4v) is 3.22. The van der Waals surface area contributed by atoms with E-state index < -0.39 is 18.6 Å². The van der Waals surface area contributed by atoms with Crippen molar-refractivity contribution in [2.45, 2.75) is 83.2 Å². The number of rotatable bonds is 10. The van der Waals surface area contributed by atoms with Crippen LogP contribution in [0.5, 0.6) is 5.88 Å². The first-order valence-electron chi connectivity index (χ1n) is 9.77. The van der Waals surface area contributed by atoms with Gasteiger partial charge in [0, 0.05) is 46.5 Å². The van der Waals surface area contributed by atoms with Gasteiger partial charge in [0.15, 0.2) is 0 Å². The number of nitrogens with zero attached hydrogens (tertiary/aromatic N) is 1. The van der Waals surface area contributed by atoms with E-state index >= 15 is 0 Å². The fraction of sp³-hybridized carbons (Fsp3) is 0.737. The molecule has 156 valence electrons. The van der Waals surface area contributed by atoms with E-state index in [0.29, 0.717) is 29.6 Å². The Morgan fingerprint density at radius 1 is 1.32 bits per heavy atom. The molecule has 0 amide bonds. The lowest BCUT2D eigenvalue weighted by Crippen LogP contribution is -2.45. The zero-order valence-corrected chi connectivity index (χ0v) is 17.8. The summed E-state index contributed by atoms with van der Waals surface area (Å²) in [6, 6.07) is 1.80. The van der Waals surface area contributed by atoms with Crippen LogP contribution in [0, 0.1) is 0 Å². The quantitative estimate of drug-likeness (QED) is 0.428. The molecule has 5 nitrogen and oxygen atoms in total. The average molecular weight is 416 g/mol. The normalized spacial score (nSPS) is 17.4. The third-order valence-corrected chi connectivity index (χ3v) is 5.40. The number of alkyl halides is 2. The smallest absolute Gasteiger partial charge is 0.475 e. The topological polar surface area (TPSA) is 57.7 Å². The number of hydrogen-bond acceptors (Lipinski definition) is 5. The third-order valence-electron chi connectivity index (χ3n) is 4.95. The van der Waals surface area contributed by atoms with Crippen LogP contribution in [0.4, 0.5) is 8.78 Å². The molecule has 1 heterocycles. The van der Waals surface area contributed by atoms with Crippen LogP contribution in [0.3, 0.4) is 0 Å². The maximum absolute atomic E-state index is 13.4. The number of halogens is 2. The molecule has 9 heteroatoms. The molecule has 0 radical (unpaired) electrons. The van der Waals surface area contributed by atoms with Gasteiger partial charge in [0.2, 0.25) is 11.8 Å². The van der Waals surface area contributed by atoms with Crippen LogP contribution in [-0.2, 0) is 30.9 Å². The van der Waals surface area contributed by atoms with Gasteiger partial charge >= 0.3 is 18.8 Å². The second-order valence-electron chi connectivity index (χ2n) is 7.69. The lowest BCUT2D eigenvalue weighted by Gasteiger charge is -2.31. The second kappa shape index (κ2) is 10.0. The molecule has 0 bridgehead atoms. The Kier molecular flexibility index (Phi) is 8.27. The maximum Gasteiger partial charge on any atom is 0.499 e. The third kappa shape index (κ3) is 6.70. The molecular weight excluding hydrogens is 387 g/mol. The van der Waals surface area contributed by atoms with Crippen molar-refractivity contribution in [3.8, 4) is 5.88 Å². The van der Waals surface area contributed by atoms with E-state index in [2.05, 4.69) is 4.98 Å². The molecule has 0 spiro atoms. The van der Waals surface area contributed by atoms with Gasteiger partial charge in [-0.1, -0.05) is 6.92 Å². The van der Waals surface area contributed by atoms with Crippen molar-refractivity contribution >= 4 is 24.2 Å². The molecule has 0 saturated heterocycles. The van der Waals surface area contributed by atoms with E-state index in [9.17, 15) is 13.0 Å². The first kappa shape index (κ1) is 23.1. The van der Waals surface area contributed by atoms with Crippen molar-refractivity contribution in [1.29, 1.82) is 0 Å². The van der Waals surface area contributed by atoms with Gasteiger partial charge in [0.05, 0.1) is 0 Å². The van der Waals surface area contributed by atoms with Crippen molar-refractivity contribution in [1.82, 2.24) is 4.98 Å². The summed E-state index contributed by atoms with van der Waals surface area (Å²) < 4.78 is 55.8. The van der Waals surface area contributed by atoms with Crippen LogP contribution in [0.15, 0.2) is 12.3 Å². The maximum atomic E-state index is 13.4. The molecule has 28 heavy (non-hydrogen) atoms. The van der Waals surface area contributed by atoms with Crippen LogP contribution in [0.25, 0.3) is 0 Å². The highest BCUT2D eigenvalue weighted by molar-refractivity contribution is 7.64. The summed E-state index contributed by atoms with van der Waals surface area (Å²) in [6.45, 7) is 8.23. The van der Waals surface area contributed by atoms with Gasteiger partial charge in [-0.05, 0) is 46.1 Å². The minimum atomic E-state index is -2.62. The molecule has 1 aliphatic carbocycles. The summed E-state index contributed by atoms with van der Waals surface area (Å²) >= 11 is 0.452. The van der Waals surface area contributed by atoms with Crippen LogP contribution in [-0.4, -0.2) is 36.3 Å². The molecule has 0 unspecified atom stereocenters. The molecule has 1 aromatic heterocycles. The van der Waals surface area contributed by atoms with Gasteiger partial charge in [0.25, 0.3) is 5.75 Å². The summed E-state index contributed by atoms with van der Waals surface area (Å²) in [5, 5.41) is 0. The van der Waals surface area contributed by atoms with Gasteiger partial charge in [0.1, 0.15) is 6.10 Å². The van der Waals surface area contributed by atoms with Crippen molar-refractivity contribution in [3.05, 3.63) is 17.8 Å². The summed E-state index contributed by atoms with van der Waals surface area (Å²) in [6.07, 6.45) is 2.19.